The fourth-order valence-electron chi connectivity index (χ4n) is 3.59. The summed E-state index contributed by atoms with van der Waals surface area (Å²) in [5, 5.41) is 5.24. The first-order chi connectivity index (χ1) is 14.4. The number of anilines is 1. The van der Waals surface area contributed by atoms with Crippen molar-refractivity contribution in [2.24, 2.45) is 0 Å². The highest BCUT2D eigenvalue weighted by atomic mass is 32.1. The number of carbonyl (C=O) groups excluding carboxylic acids is 1. The van der Waals surface area contributed by atoms with Gasteiger partial charge in [-0.2, -0.15) is 5.10 Å². The molecule has 3 aromatic rings. The maximum Gasteiger partial charge on any atom is 0.280 e. The largest absolute Gasteiger partial charge is 0.379 e. The molecule has 1 aromatic carbocycles. The molecule has 0 spiro atoms. The molecule has 1 fully saturated rings. The summed E-state index contributed by atoms with van der Waals surface area (Å²) in [4.78, 5) is 22.5. The summed E-state index contributed by atoms with van der Waals surface area (Å²) < 4.78 is 8.41. The molecular weight excluding hydrogens is 398 g/mol. The van der Waals surface area contributed by atoms with Crippen molar-refractivity contribution >= 4 is 32.6 Å². The first-order valence-electron chi connectivity index (χ1n) is 10.5. The molecule has 0 N–H and O–H groups in total. The van der Waals surface area contributed by atoms with Crippen LogP contribution in [0.5, 0.6) is 0 Å². The summed E-state index contributed by atoms with van der Waals surface area (Å²) in [7, 11) is 0. The van der Waals surface area contributed by atoms with E-state index in [2.05, 4.69) is 49.8 Å². The molecule has 0 radical (unpaired) electrons. The van der Waals surface area contributed by atoms with E-state index in [4.69, 9.17) is 9.72 Å². The van der Waals surface area contributed by atoms with Crippen molar-refractivity contribution in [3.63, 3.8) is 0 Å². The quantitative estimate of drug-likeness (QED) is 0.601. The number of nitrogens with zero attached hydrogens (tertiary/aromatic N) is 5. The Labute approximate surface area is 181 Å². The Morgan fingerprint density at radius 1 is 1.20 bits per heavy atom. The number of carbonyl (C=O) groups is 1. The van der Waals surface area contributed by atoms with Gasteiger partial charge in [0.25, 0.3) is 5.91 Å². The minimum atomic E-state index is -0.1000. The van der Waals surface area contributed by atoms with Gasteiger partial charge in [0.05, 0.1) is 23.4 Å². The SMILES string of the molecule is Cc1ccc(C)c2sc(N(CCN3CCOCC3)C(=O)c3ccn(C(C)C)n3)nc12. The second-order valence-electron chi connectivity index (χ2n) is 8.06. The van der Waals surface area contributed by atoms with Crippen LogP contribution in [0.1, 0.15) is 41.5 Å². The maximum absolute atomic E-state index is 13.5. The number of fused-ring (bicyclic) bond motifs is 1. The molecule has 0 saturated carbocycles. The van der Waals surface area contributed by atoms with Gasteiger partial charge in [0.2, 0.25) is 0 Å². The highest BCUT2D eigenvalue weighted by Gasteiger charge is 2.25. The summed E-state index contributed by atoms with van der Waals surface area (Å²) in [6, 6.07) is 6.21. The van der Waals surface area contributed by atoms with Crippen LogP contribution in [0.3, 0.4) is 0 Å². The standard InChI is InChI=1S/C22H29N5O2S/c1-15(2)27-8-7-18(24-27)21(28)26(10-9-25-11-13-29-14-12-25)22-23-19-16(3)5-6-17(4)20(19)30-22/h5-8,15H,9-14H2,1-4H3. The Kier molecular flexibility index (Phi) is 6.17. The minimum absolute atomic E-state index is 0.1000. The van der Waals surface area contributed by atoms with Gasteiger partial charge in [0, 0.05) is 38.4 Å². The van der Waals surface area contributed by atoms with E-state index >= 15 is 0 Å². The molecular formula is C22H29N5O2S. The third-order valence-electron chi connectivity index (χ3n) is 5.51. The van der Waals surface area contributed by atoms with Crippen LogP contribution in [0.4, 0.5) is 5.13 Å². The van der Waals surface area contributed by atoms with E-state index in [1.807, 2.05) is 10.9 Å². The highest BCUT2D eigenvalue weighted by molar-refractivity contribution is 7.22. The highest BCUT2D eigenvalue weighted by Crippen LogP contribution is 2.33. The number of benzene rings is 1. The number of aromatic nitrogens is 3. The molecule has 0 unspecified atom stereocenters. The molecule has 7 nitrogen and oxygen atoms in total. The van der Waals surface area contributed by atoms with Gasteiger partial charge in [-0.1, -0.05) is 23.5 Å². The number of hydrogen-bond acceptors (Lipinski definition) is 6. The lowest BCUT2D eigenvalue weighted by Gasteiger charge is -2.29. The smallest absolute Gasteiger partial charge is 0.280 e. The number of ether oxygens (including phenoxy) is 1. The van der Waals surface area contributed by atoms with Gasteiger partial charge in [-0.25, -0.2) is 4.98 Å². The molecule has 160 valence electrons. The van der Waals surface area contributed by atoms with Gasteiger partial charge in [-0.15, -0.1) is 0 Å². The lowest BCUT2D eigenvalue weighted by atomic mass is 10.1. The fraction of sp³-hybridized carbons (Fsp3) is 0.500. The van der Waals surface area contributed by atoms with Crippen LogP contribution in [-0.2, 0) is 4.74 Å². The Balaban J connectivity index is 1.66. The molecule has 0 atom stereocenters. The monoisotopic (exact) mass is 427 g/mol. The first-order valence-corrected chi connectivity index (χ1v) is 11.3. The first kappa shape index (κ1) is 21.0. The Morgan fingerprint density at radius 3 is 2.60 bits per heavy atom. The minimum Gasteiger partial charge on any atom is -0.379 e. The lowest BCUT2D eigenvalue weighted by Crippen LogP contribution is -2.43. The number of aryl methyl sites for hydroxylation is 2. The molecule has 1 aliphatic heterocycles. The predicted molar refractivity (Wildman–Crippen MR) is 121 cm³/mol. The number of thiazole rings is 1. The third-order valence-corrected chi connectivity index (χ3v) is 6.72. The van der Waals surface area contributed by atoms with E-state index in [9.17, 15) is 4.79 Å². The number of amides is 1. The molecule has 1 amide bonds. The van der Waals surface area contributed by atoms with E-state index in [-0.39, 0.29) is 11.9 Å². The van der Waals surface area contributed by atoms with Crippen LogP contribution in [0.15, 0.2) is 24.4 Å². The molecule has 0 bridgehead atoms. The maximum atomic E-state index is 13.5. The Bertz CT molecular complexity index is 997. The molecule has 30 heavy (non-hydrogen) atoms. The third kappa shape index (κ3) is 4.26. The van der Waals surface area contributed by atoms with E-state index in [0.717, 1.165) is 53.8 Å². The van der Waals surface area contributed by atoms with E-state index in [0.29, 0.717) is 12.2 Å². The van der Waals surface area contributed by atoms with Crippen molar-refractivity contribution in [1.29, 1.82) is 0 Å². The van der Waals surface area contributed by atoms with Crippen LogP contribution >= 0.6 is 11.3 Å². The van der Waals surface area contributed by atoms with Crippen LogP contribution < -0.4 is 4.90 Å². The van der Waals surface area contributed by atoms with Crippen molar-refractivity contribution < 1.29 is 9.53 Å². The van der Waals surface area contributed by atoms with Gasteiger partial charge in [0.15, 0.2) is 10.8 Å². The zero-order chi connectivity index (χ0) is 21.3. The van der Waals surface area contributed by atoms with Gasteiger partial charge in [-0.05, 0) is 44.9 Å². The van der Waals surface area contributed by atoms with E-state index < -0.39 is 0 Å². The summed E-state index contributed by atoms with van der Waals surface area (Å²) in [5.41, 5.74) is 3.75. The van der Waals surface area contributed by atoms with E-state index in [1.54, 1.807) is 22.3 Å². The average molecular weight is 428 g/mol. The second-order valence-corrected chi connectivity index (χ2v) is 9.04. The van der Waals surface area contributed by atoms with E-state index in [1.165, 1.54) is 5.56 Å². The zero-order valence-electron chi connectivity index (χ0n) is 18.1. The van der Waals surface area contributed by atoms with Crippen LogP contribution in [-0.4, -0.2) is 65.0 Å². The Morgan fingerprint density at radius 2 is 1.93 bits per heavy atom. The molecule has 1 aliphatic rings. The van der Waals surface area contributed by atoms with Crippen molar-refractivity contribution in [3.8, 4) is 0 Å². The van der Waals surface area contributed by atoms with Crippen molar-refractivity contribution in [1.82, 2.24) is 19.7 Å². The van der Waals surface area contributed by atoms with Gasteiger partial charge < -0.3 is 4.74 Å². The molecule has 8 heteroatoms. The van der Waals surface area contributed by atoms with Gasteiger partial charge >= 0.3 is 0 Å². The molecule has 3 heterocycles. The number of hydrogen-bond donors (Lipinski definition) is 0. The molecule has 0 aliphatic carbocycles. The van der Waals surface area contributed by atoms with Crippen molar-refractivity contribution in [2.45, 2.75) is 33.7 Å². The lowest BCUT2D eigenvalue weighted by molar-refractivity contribution is 0.0391. The summed E-state index contributed by atoms with van der Waals surface area (Å²) in [6.45, 7) is 12.9. The Hall–Kier alpha value is -2.29. The second kappa shape index (κ2) is 8.83. The van der Waals surface area contributed by atoms with Gasteiger partial charge in [-0.3, -0.25) is 19.3 Å². The number of morpholine rings is 1. The van der Waals surface area contributed by atoms with Gasteiger partial charge in [0.1, 0.15) is 0 Å². The van der Waals surface area contributed by atoms with Crippen molar-refractivity contribution in [3.05, 3.63) is 41.2 Å². The summed E-state index contributed by atoms with van der Waals surface area (Å²) in [6.07, 6.45) is 1.87. The summed E-state index contributed by atoms with van der Waals surface area (Å²) >= 11 is 1.59. The molecule has 4 rings (SSSR count). The predicted octanol–water partition coefficient (Wildman–Crippen LogP) is 3.67. The van der Waals surface area contributed by atoms with Crippen LogP contribution in [0.2, 0.25) is 0 Å². The van der Waals surface area contributed by atoms with Crippen molar-refractivity contribution in [2.75, 3.05) is 44.3 Å². The summed E-state index contributed by atoms with van der Waals surface area (Å²) in [5.74, 6) is -0.1000. The molecule has 2 aromatic heterocycles. The fourth-order valence-corrected chi connectivity index (χ4v) is 4.73. The van der Waals surface area contributed by atoms with Crippen LogP contribution in [0, 0.1) is 13.8 Å². The molecule has 1 saturated heterocycles. The number of rotatable bonds is 6. The normalized spacial score (nSPS) is 15.2. The average Bonchev–Trinajstić information content (AvgIpc) is 3.40. The van der Waals surface area contributed by atoms with Crippen LogP contribution in [0.25, 0.3) is 10.2 Å². The zero-order valence-corrected chi connectivity index (χ0v) is 18.9. The topological polar surface area (TPSA) is 63.5 Å².